The summed E-state index contributed by atoms with van der Waals surface area (Å²) >= 11 is 14.3. The second-order valence-electron chi connectivity index (χ2n) is 9.58. The van der Waals surface area contributed by atoms with E-state index in [2.05, 4.69) is 11.1 Å². The Morgan fingerprint density at radius 2 is 1.81 bits per heavy atom. The van der Waals surface area contributed by atoms with E-state index in [9.17, 15) is 14.9 Å². The van der Waals surface area contributed by atoms with Crippen molar-refractivity contribution in [2.75, 3.05) is 6.61 Å². The minimum absolute atomic E-state index is 0.113. The molecule has 10 heteroatoms. The molecule has 2 heterocycles. The first-order valence-electron chi connectivity index (χ1n) is 13.1. The minimum Gasteiger partial charge on any atom is -0.486 e. The van der Waals surface area contributed by atoms with E-state index in [4.69, 9.17) is 32.7 Å². The van der Waals surface area contributed by atoms with Gasteiger partial charge in [0.05, 0.1) is 50.1 Å². The van der Waals surface area contributed by atoms with E-state index in [1.54, 1.807) is 50.3 Å². The predicted molar refractivity (Wildman–Crippen MR) is 164 cm³/mol. The number of aryl methyl sites for hydroxylation is 1. The number of aromatic nitrogens is 1. The van der Waals surface area contributed by atoms with Crippen LogP contribution in [0.25, 0.3) is 6.08 Å². The number of rotatable bonds is 7. The van der Waals surface area contributed by atoms with Gasteiger partial charge >= 0.3 is 5.97 Å². The van der Waals surface area contributed by atoms with Gasteiger partial charge in [0, 0.05) is 5.56 Å². The summed E-state index contributed by atoms with van der Waals surface area (Å²) in [5.41, 5.74) is 4.14. The maximum atomic E-state index is 13.8. The van der Waals surface area contributed by atoms with Crippen LogP contribution in [0.2, 0.25) is 10.0 Å². The van der Waals surface area contributed by atoms with E-state index in [1.165, 1.54) is 15.9 Å². The lowest BCUT2D eigenvalue weighted by Crippen LogP contribution is -2.39. The average molecular weight is 619 g/mol. The van der Waals surface area contributed by atoms with Crippen LogP contribution in [0, 0.1) is 18.3 Å². The summed E-state index contributed by atoms with van der Waals surface area (Å²) in [6, 6.07) is 19.6. The van der Waals surface area contributed by atoms with Gasteiger partial charge in [0.1, 0.15) is 6.61 Å². The zero-order chi connectivity index (χ0) is 30.0. The summed E-state index contributed by atoms with van der Waals surface area (Å²) < 4.78 is 13.2. The van der Waals surface area contributed by atoms with Gasteiger partial charge in [-0.2, -0.15) is 5.26 Å². The molecule has 42 heavy (non-hydrogen) atoms. The second-order valence-corrected chi connectivity index (χ2v) is 11.4. The number of thiazole rings is 1. The van der Waals surface area contributed by atoms with Crippen LogP contribution in [0.4, 0.5) is 0 Å². The van der Waals surface area contributed by atoms with Gasteiger partial charge in [0.15, 0.2) is 10.6 Å². The number of benzene rings is 3. The van der Waals surface area contributed by atoms with Gasteiger partial charge < -0.3 is 9.47 Å². The molecule has 5 rings (SSSR count). The first-order chi connectivity index (χ1) is 20.2. The molecule has 0 saturated heterocycles. The van der Waals surface area contributed by atoms with Crippen LogP contribution >= 0.6 is 34.5 Å². The van der Waals surface area contributed by atoms with Crippen LogP contribution < -0.4 is 19.6 Å². The maximum absolute atomic E-state index is 13.8. The zero-order valence-electron chi connectivity index (χ0n) is 23.0. The van der Waals surface area contributed by atoms with Crippen LogP contribution in [0.15, 0.2) is 81.7 Å². The van der Waals surface area contributed by atoms with Crippen molar-refractivity contribution in [3.8, 4) is 11.8 Å². The monoisotopic (exact) mass is 617 g/mol. The molecule has 7 nitrogen and oxygen atoms in total. The molecule has 0 aliphatic carbocycles. The molecular weight excluding hydrogens is 593 g/mol. The summed E-state index contributed by atoms with van der Waals surface area (Å²) in [6.07, 6.45) is 1.69. The van der Waals surface area contributed by atoms with Gasteiger partial charge in [-0.1, -0.05) is 82.6 Å². The fraction of sp³-hybridized carbons (Fsp3) is 0.188. The topological polar surface area (TPSA) is 93.7 Å². The molecule has 3 aromatic carbocycles. The average Bonchev–Trinajstić information content (AvgIpc) is 3.26. The van der Waals surface area contributed by atoms with Crippen molar-refractivity contribution in [2.24, 2.45) is 4.99 Å². The highest BCUT2D eigenvalue weighted by molar-refractivity contribution is 7.07. The fourth-order valence-electron chi connectivity index (χ4n) is 4.71. The molecule has 1 aromatic heterocycles. The molecule has 0 saturated carbocycles. The molecule has 0 spiro atoms. The van der Waals surface area contributed by atoms with E-state index in [-0.39, 0.29) is 34.6 Å². The van der Waals surface area contributed by atoms with E-state index in [0.29, 0.717) is 37.3 Å². The lowest BCUT2D eigenvalue weighted by Gasteiger charge is -2.24. The van der Waals surface area contributed by atoms with Crippen LogP contribution in [0.1, 0.15) is 47.7 Å². The van der Waals surface area contributed by atoms with Crippen molar-refractivity contribution in [2.45, 2.75) is 33.4 Å². The summed E-state index contributed by atoms with van der Waals surface area (Å²) in [5.74, 6) is -0.232. The first kappa shape index (κ1) is 29.3. The zero-order valence-corrected chi connectivity index (χ0v) is 25.3. The lowest BCUT2D eigenvalue weighted by molar-refractivity contribution is -0.139. The molecule has 0 amide bonds. The third kappa shape index (κ3) is 5.77. The number of nitrogens with zero attached hydrogens (tertiary/aromatic N) is 3. The van der Waals surface area contributed by atoms with E-state index < -0.39 is 12.0 Å². The molecule has 1 aliphatic heterocycles. The van der Waals surface area contributed by atoms with E-state index in [0.717, 1.165) is 11.1 Å². The highest BCUT2D eigenvalue weighted by Crippen LogP contribution is 2.35. The number of halogens is 2. The van der Waals surface area contributed by atoms with Crippen LogP contribution in [0.5, 0.6) is 5.75 Å². The quantitative estimate of drug-likeness (QED) is 0.242. The number of allylic oxidation sites excluding steroid dienone is 1. The molecular formula is C32H25Cl2N3O4S. The standard InChI is InChI=1S/C32H25Cl2N3O4S/c1-4-40-31(39)27-19(3)36-32-37(28(27)21-11-9-18(2)10-12-21)30(38)26(42-32)15-20-13-24(33)29(25(34)14-20)41-17-23-8-6-5-7-22(23)16-35/h5-15,28H,4,17H2,1-3H3/b26-15+/t28-/m1/s1. The van der Waals surface area contributed by atoms with Crippen molar-refractivity contribution in [1.82, 2.24) is 4.57 Å². The number of carbonyl (C=O) groups excluding carboxylic acids is 1. The number of nitriles is 1. The van der Waals surface area contributed by atoms with Gasteiger partial charge in [-0.3, -0.25) is 9.36 Å². The Labute approximate surface area is 256 Å². The van der Waals surface area contributed by atoms with Crippen molar-refractivity contribution < 1.29 is 14.3 Å². The molecule has 0 fully saturated rings. The summed E-state index contributed by atoms with van der Waals surface area (Å²) in [7, 11) is 0. The number of fused-ring (bicyclic) bond motifs is 1. The fourth-order valence-corrected chi connectivity index (χ4v) is 6.37. The van der Waals surface area contributed by atoms with Gasteiger partial charge in [-0.15, -0.1) is 0 Å². The molecule has 1 aliphatic rings. The number of ether oxygens (including phenoxy) is 2. The third-order valence-electron chi connectivity index (χ3n) is 6.74. The Morgan fingerprint density at radius 1 is 1.12 bits per heavy atom. The van der Waals surface area contributed by atoms with E-state index in [1.807, 2.05) is 37.3 Å². The SMILES string of the molecule is CCOC(=O)C1=C(C)N=c2s/c(=C/c3cc(Cl)c(OCc4ccccc4C#N)c(Cl)c3)c(=O)n2[C@@H]1c1ccc(C)cc1. The van der Waals surface area contributed by atoms with Crippen LogP contribution in [0.3, 0.4) is 0 Å². The molecule has 1 atom stereocenters. The van der Waals surface area contributed by atoms with Crippen LogP contribution in [-0.4, -0.2) is 17.1 Å². The van der Waals surface area contributed by atoms with Crippen molar-refractivity contribution in [1.29, 1.82) is 5.26 Å². The van der Waals surface area contributed by atoms with Crippen molar-refractivity contribution >= 4 is 46.6 Å². The molecule has 0 bridgehead atoms. The largest absolute Gasteiger partial charge is 0.486 e. The Morgan fingerprint density at radius 3 is 2.48 bits per heavy atom. The van der Waals surface area contributed by atoms with E-state index >= 15 is 0 Å². The molecule has 4 aromatic rings. The van der Waals surface area contributed by atoms with Crippen molar-refractivity contribution in [3.05, 3.63) is 129 Å². The van der Waals surface area contributed by atoms with Gasteiger partial charge in [0.25, 0.3) is 5.56 Å². The normalized spacial score (nSPS) is 14.7. The smallest absolute Gasteiger partial charge is 0.338 e. The number of carbonyl (C=O) groups is 1. The van der Waals surface area contributed by atoms with Gasteiger partial charge in [-0.25, -0.2) is 9.79 Å². The highest BCUT2D eigenvalue weighted by atomic mass is 35.5. The molecule has 0 N–H and O–H groups in total. The van der Waals surface area contributed by atoms with Gasteiger partial charge in [0.2, 0.25) is 0 Å². The summed E-state index contributed by atoms with van der Waals surface area (Å²) in [4.78, 5) is 32.0. The number of hydrogen-bond donors (Lipinski definition) is 0. The first-order valence-corrected chi connectivity index (χ1v) is 14.6. The summed E-state index contributed by atoms with van der Waals surface area (Å²) in [6.45, 7) is 5.77. The molecule has 0 radical (unpaired) electrons. The maximum Gasteiger partial charge on any atom is 0.338 e. The second kappa shape index (κ2) is 12.4. The van der Waals surface area contributed by atoms with Crippen molar-refractivity contribution in [3.63, 3.8) is 0 Å². The third-order valence-corrected chi connectivity index (χ3v) is 8.28. The Balaban J connectivity index is 1.55. The minimum atomic E-state index is -0.692. The Hall–Kier alpha value is -4.16. The molecule has 0 unspecified atom stereocenters. The number of hydrogen-bond acceptors (Lipinski definition) is 7. The predicted octanol–water partition coefficient (Wildman–Crippen LogP) is 5.86. The Bertz CT molecular complexity index is 1930. The van der Waals surface area contributed by atoms with Crippen LogP contribution in [-0.2, 0) is 16.1 Å². The number of esters is 1. The summed E-state index contributed by atoms with van der Waals surface area (Å²) in [5, 5.41) is 9.85. The highest BCUT2D eigenvalue weighted by Gasteiger charge is 2.33. The van der Waals surface area contributed by atoms with Gasteiger partial charge in [-0.05, 0) is 56.2 Å². The lowest BCUT2D eigenvalue weighted by atomic mass is 9.95. The Kier molecular flexibility index (Phi) is 8.64. The molecule has 212 valence electrons.